The van der Waals surface area contributed by atoms with Crippen LogP contribution in [0.3, 0.4) is 0 Å². The molecule has 1 atom stereocenters. The van der Waals surface area contributed by atoms with Gasteiger partial charge in [0, 0.05) is 5.56 Å². The Labute approximate surface area is 86.4 Å². The predicted octanol–water partition coefficient (Wildman–Crippen LogP) is -0.138. The van der Waals surface area contributed by atoms with Crippen molar-refractivity contribution in [3.63, 3.8) is 0 Å². The molecule has 15 heavy (non-hydrogen) atoms. The molecule has 0 spiro atoms. The maximum Gasteiger partial charge on any atom is 0.317 e. The van der Waals surface area contributed by atoms with Crippen molar-refractivity contribution in [2.45, 2.75) is 6.23 Å². The minimum atomic E-state index is -1.48. The minimum absolute atomic E-state index is 0.336. The van der Waals surface area contributed by atoms with Gasteiger partial charge < -0.3 is 10.2 Å². The third kappa shape index (κ3) is 3.49. The molecule has 0 fully saturated rings. The van der Waals surface area contributed by atoms with Crippen LogP contribution in [-0.2, 0) is 4.79 Å². The molecule has 80 valence electrons. The maximum atomic E-state index is 11.5. The van der Waals surface area contributed by atoms with Gasteiger partial charge in [-0.1, -0.05) is 30.3 Å². The lowest BCUT2D eigenvalue weighted by atomic mass is 10.1. The molecule has 0 amide bonds. The second kappa shape index (κ2) is 5.23. The first kappa shape index (κ1) is 11.4. The van der Waals surface area contributed by atoms with E-state index in [0.29, 0.717) is 5.56 Å². The van der Waals surface area contributed by atoms with E-state index < -0.39 is 24.5 Å². The molecule has 0 aliphatic carbocycles. The molecule has 0 heterocycles. The summed E-state index contributed by atoms with van der Waals surface area (Å²) in [6.07, 6.45) is -1.48. The summed E-state index contributed by atoms with van der Waals surface area (Å²) in [7, 11) is 0. The number of hydrogen-bond acceptors (Lipinski definition) is 4. The molecule has 5 nitrogen and oxygen atoms in total. The number of ketones is 1. The highest BCUT2D eigenvalue weighted by atomic mass is 16.4. The van der Waals surface area contributed by atoms with E-state index >= 15 is 0 Å². The van der Waals surface area contributed by atoms with Gasteiger partial charge in [-0.25, -0.2) is 0 Å². The predicted molar refractivity (Wildman–Crippen MR) is 52.4 cm³/mol. The number of carbonyl (C=O) groups excluding carboxylic acids is 1. The SMILES string of the molecule is O=C(O)CNC(O)C(=O)c1ccccc1. The van der Waals surface area contributed by atoms with E-state index in [1.807, 2.05) is 0 Å². The minimum Gasteiger partial charge on any atom is -0.480 e. The van der Waals surface area contributed by atoms with Gasteiger partial charge in [-0.15, -0.1) is 0 Å². The third-order valence-corrected chi connectivity index (χ3v) is 1.75. The summed E-state index contributed by atoms with van der Waals surface area (Å²) >= 11 is 0. The summed E-state index contributed by atoms with van der Waals surface area (Å²) in [5, 5.41) is 19.8. The molecule has 5 heteroatoms. The Bertz CT molecular complexity index is 350. The van der Waals surface area contributed by atoms with Crippen LogP contribution in [0.5, 0.6) is 0 Å². The summed E-state index contributed by atoms with van der Waals surface area (Å²) in [5.41, 5.74) is 0.336. The molecule has 0 aromatic heterocycles. The Morgan fingerprint density at radius 3 is 2.40 bits per heavy atom. The Kier molecular flexibility index (Phi) is 3.96. The lowest BCUT2D eigenvalue weighted by Gasteiger charge is -2.09. The quantitative estimate of drug-likeness (QED) is 0.464. The smallest absolute Gasteiger partial charge is 0.317 e. The van der Waals surface area contributed by atoms with Gasteiger partial charge in [0.05, 0.1) is 6.54 Å². The van der Waals surface area contributed by atoms with E-state index in [4.69, 9.17) is 5.11 Å². The molecular weight excluding hydrogens is 198 g/mol. The summed E-state index contributed by atoms with van der Waals surface area (Å²) in [4.78, 5) is 21.6. The van der Waals surface area contributed by atoms with Crippen molar-refractivity contribution < 1.29 is 19.8 Å². The fourth-order valence-electron chi connectivity index (χ4n) is 1.04. The van der Waals surface area contributed by atoms with Crippen LogP contribution in [0.25, 0.3) is 0 Å². The van der Waals surface area contributed by atoms with Crippen LogP contribution in [0.1, 0.15) is 10.4 Å². The number of carboxylic acid groups (broad SMARTS) is 1. The molecule has 1 rings (SSSR count). The van der Waals surface area contributed by atoms with E-state index in [9.17, 15) is 14.7 Å². The van der Waals surface area contributed by atoms with Crippen LogP contribution in [0.4, 0.5) is 0 Å². The van der Waals surface area contributed by atoms with E-state index in [0.717, 1.165) is 0 Å². The molecular formula is C10H11NO4. The molecule has 1 aromatic rings. The average Bonchev–Trinajstić information content (AvgIpc) is 2.26. The van der Waals surface area contributed by atoms with Crippen molar-refractivity contribution >= 4 is 11.8 Å². The largest absolute Gasteiger partial charge is 0.480 e. The molecule has 0 saturated heterocycles. The second-order valence-corrected chi connectivity index (χ2v) is 2.91. The lowest BCUT2D eigenvalue weighted by molar-refractivity contribution is -0.136. The van der Waals surface area contributed by atoms with Gasteiger partial charge in [-0.3, -0.25) is 14.9 Å². The number of rotatable bonds is 5. The standard InChI is InChI=1S/C10H11NO4/c12-8(13)6-11-10(15)9(14)7-4-2-1-3-5-7/h1-5,10-11,15H,6H2,(H,12,13). The number of hydrogen-bond donors (Lipinski definition) is 3. The molecule has 0 saturated carbocycles. The molecule has 3 N–H and O–H groups in total. The van der Waals surface area contributed by atoms with Crippen LogP contribution >= 0.6 is 0 Å². The Morgan fingerprint density at radius 2 is 1.87 bits per heavy atom. The zero-order valence-electron chi connectivity index (χ0n) is 7.88. The van der Waals surface area contributed by atoms with Crippen molar-refractivity contribution in [2.75, 3.05) is 6.54 Å². The number of carbonyl (C=O) groups is 2. The number of aliphatic hydroxyl groups excluding tert-OH is 1. The first-order valence-corrected chi connectivity index (χ1v) is 4.34. The normalized spacial score (nSPS) is 12.1. The molecule has 0 radical (unpaired) electrons. The van der Waals surface area contributed by atoms with Crippen molar-refractivity contribution in [1.29, 1.82) is 0 Å². The second-order valence-electron chi connectivity index (χ2n) is 2.91. The zero-order chi connectivity index (χ0) is 11.3. The molecule has 0 aliphatic heterocycles. The van der Waals surface area contributed by atoms with Gasteiger partial charge in [0.1, 0.15) is 0 Å². The molecule has 0 aliphatic rings. The maximum absolute atomic E-state index is 11.5. The van der Waals surface area contributed by atoms with Crippen LogP contribution in [0, 0.1) is 0 Å². The van der Waals surface area contributed by atoms with Crippen molar-refractivity contribution in [1.82, 2.24) is 5.32 Å². The number of aliphatic carboxylic acids is 1. The van der Waals surface area contributed by atoms with Gasteiger partial charge in [-0.2, -0.15) is 0 Å². The summed E-state index contributed by atoms with van der Waals surface area (Å²) in [6.45, 7) is -0.459. The fourth-order valence-corrected chi connectivity index (χ4v) is 1.04. The Balaban J connectivity index is 2.57. The van der Waals surface area contributed by atoms with Crippen LogP contribution in [0.15, 0.2) is 30.3 Å². The summed E-state index contributed by atoms with van der Waals surface area (Å²) < 4.78 is 0. The highest BCUT2D eigenvalue weighted by Gasteiger charge is 2.16. The van der Waals surface area contributed by atoms with E-state index in [1.165, 1.54) is 0 Å². The van der Waals surface area contributed by atoms with Crippen molar-refractivity contribution in [2.24, 2.45) is 0 Å². The van der Waals surface area contributed by atoms with Crippen LogP contribution in [0.2, 0.25) is 0 Å². The van der Waals surface area contributed by atoms with Crippen molar-refractivity contribution in [3.05, 3.63) is 35.9 Å². The average molecular weight is 209 g/mol. The van der Waals surface area contributed by atoms with E-state index in [1.54, 1.807) is 30.3 Å². The number of carboxylic acids is 1. The van der Waals surface area contributed by atoms with Crippen LogP contribution in [-0.4, -0.2) is 34.7 Å². The fraction of sp³-hybridized carbons (Fsp3) is 0.200. The third-order valence-electron chi connectivity index (χ3n) is 1.75. The molecule has 0 bridgehead atoms. The van der Waals surface area contributed by atoms with Gasteiger partial charge in [0.2, 0.25) is 5.78 Å². The number of nitrogens with one attached hydrogen (secondary N) is 1. The summed E-state index contributed by atoms with van der Waals surface area (Å²) in [6, 6.07) is 8.17. The lowest BCUT2D eigenvalue weighted by Crippen LogP contribution is -2.39. The zero-order valence-corrected chi connectivity index (χ0v) is 7.88. The van der Waals surface area contributed by atoms with E-state index in [2.05, 4.69) is 5.32 Å². The number of aliphatic hydroxyl groups is 1. The number of benzene rings is 1. The molecule has 1 aromatic carbocycles. The van der Waals surface area contributed by atoms with Gasteiger partial charge >= 0.3 is 5.97 Å². The Morgan fingerprint density at radius 1 is 1.27 bits per heavy atom. The highest BCUT2D eigenvalue weighted by molar-refractivity contribution is 5.99. The monoisotopic (exact) mass is 209 g/mol. The number of Topliss-reactive ketones (excluding diaryl/α,β-unsaturated/α-hetero) is 1. The Hall–Kier alpha value is -1.72. The first-order chi connectivity index (χ1) is 7.11. The van der Waals surface area contributed by atoms with Gasteiger partial charge in [0.25, 0.3) is 0 Å². The van der Waals surface area contributed by atoms with Crippen molar-refractivity contribution in [3.8, 4) is 0 Å². The van der Waals surface area contributed by atoms with Gasteiger partial charge in [0.15, 0.2) is 6.23 Å². The highest BCUT2D eigenvalue weighted by Crippen LogP contribution is 2.01. The molecule has 1 unspecified atom stereocenters. The topological polar surface area (TPSA) is 86.6 Å². The van der Waals surface area contributed by atoms with Crippen LogP contribution < -0.4 is 5.32 Å². The first-order valence-electron chi connectivity index (χ1n) is 4.34. The summed E-state index contributed by atoms with van der Waals surface area (Å²) in [5.74, 6) is -1.67. The van der Waals surface area contributed by atoms with Gasteiger partial charge in [-0.05, 0) is 0 Å². The van der Waals surface area contributed by atoms with E-state index in [-0.39, 0.29) is 0 Å².